The summed E-state index contributed by atoms with van der Waals surface area (Å²) in [7, 11) is 0. The smallest absolute Gasteiger partial charge is 0.0266 e. The van der Waals surface area contributed by atoms with Crippen LogP contribution in [0.15, 0.2) is 0 Å². The van der Waals surface area contributed by atoms with Gasteiger partial charge in [0, 0.05) is 0 Å². The fourth-order valence-corrected chi connectivity index (χ4v) is 3.23. The SMILES string of the molecule is CC1CC(C)C(C)C2(CC2)C1. The van der Waals surface area contributed by atoms with Gasteiger partial charge in [-0.05, 0) is 48.9 Å². The van der Waals surface area contributed by atoms with E-state index in [1.165, 1.54) is 25.7 Å². The molecule has 0 heteroatoms. The molecule has 0 radical (unpaired) electrons. The van der Waals surface area contributed by atoms with Gasteiger partial charge in [0.2, 0.25) is 0 Å². The Morgan fingerprint density at radius 1 is 1.09 bits per heavy atom. The molecule has 64 valence electrons. The first-order valence-corrected chi connectivity index (χ1v) is 5.14. The molecule has 2 saturated carbocycles. The maximum atomic E-state index is 2.48. The van der Waals surface area contributed by atoms with Gasteiger partial charge in [-0.25, -0.2) is 0 Å². The van der Waals surface area contributed by atoms with E-state index in [0.717, 1.165) is 23.2 Å². The molecule has 2 rings (SSSR count). The predicted molar refractivity (Wildman–Crippen MR) is 48.4 cm³/mol. The van der Waals surface area contributed by atoms with Crippen LogP contribution in [0.2, 0.25) is 0 Å². The zero-order valence-corrected chi connectivity index (χ0v) is 8.06. The summed E-state index contributed by atoms with van der Waals surface area (Å²) in [5, 5.41) is 0. The molecule has 0 amide bonds. The highest BCUT2D eigenvalue weighted by molar-refractivity contribution is 5.01. The normalized spacial score (nSPS) is 47.7. The van der Waals surface area contributed by atoms with Gasteiger partial charge in [0.05, 0.1) is 0 Å². The molecule has 3 unspecified atom stereocenters. The van der Waals surface area contributed by atoms with Crippen molar-refractivity contribution in [3.63, 3.8) is 0 Å². The summed E-state index contributed by atoms with van der Waals surface area (Å²) in [6.07, 6.45) is 6.06. The Morgan fingerprint density at radius 2 is 1.73 bits per heavy atom. The maximum Gasteiger partial charge on any atom is -0.0266 e. The van der Waals surface area contributed by atoms with Gasteiger partial charge in [0.1, 0.15) is 0 Å². The fraction of sp³-hybridized carbons (Fsp3) is 1.00. The van der Waals surface area contributed by atoms with Crippen molar-refractivity contribution in [2.45, 2.75) is 46.5 Å². The van der Waals surface area contributed by atoms with Crippen LogP contribution in [0.4, 0.5) is 0 Å². The summed E-state index contributed by atoms with van der Waals surface area (Å²) in [6.45, 7) is 7.35. The topological polar surface area (TPSA) is 0 Å². The summed E-state index contributed by atoms with van der Waals surface area (Å²) in [5.41, 5.74) is 0.830. The van der Waals surface area contributed by atoms with E-state index in [1.54, 1.807) is 0 Å². The van der Waals surface area contributed by atoms with Gasteiger partial charge in [-0.1, -0.05) is 20.8 Å². The lowest BCUT2D eigenvalue weighted by Crippen LogP contribution is -2.29. The summed E-state index contributed by atoms with van der Waals surface area (Å²) in [5.74, 6) is 3.00. The van der Waals surface area contributed by atoms with Gasteiger partial charge in [-0.15, -0.1) is 0 Å². The van der Waals surface area contributed by atoms with Gasteiger partial charge in [-0.3, -0.25) is 0 Å². The Hall–Kier alpha value is 0. The van der Waals surface area contributed by atoms with Crippen molar-refractivity contribution >= 4 is 0 Å². The molecule has 0 heterocycles. The minimum absolute atomic E-state index is 0.830. The molecular weight excluding hydrogens is 132 g/mol. The van der Waals surface area contributed by atoms with Crippen LogP contribution < -0.4 is 0 Å². The molecule has 0 aromatic carbocycles. The predicted octanol–water partition coefficient (Wildman–Crippen LogP) is 3.47. The Bertz CT molecular complexity index is 155. The van der Waals surface area contributed by atoms with Crippen LogP contribution in [0.5, 0.6) is 0 Å². The standard InChI is InChI=1S/C11H20/c1-8-6-9(2)10(3)11(7-8)4-5-11/h8-10H,4-7H2,1-3H3. The first kappa shape index (κ1) is 7.64. The monoisotopic (exact) mass is 152 g/mol. The van der Waals surface area contributed by atoms with Crippen molar-refractivity contribution in [3.05, 3.63) is 0 Å². The highest BCUT2D eigenvalue weighted by Crippen LogP contribution is 2.61. The molecule has 0 aromatic rings. The van der Waals surface area contributed by atoms with Crippen molar-refractivity contribution in [3.8, 4) is 0 Å². The summed E-state index contributed by atoms with van der Waals surface area (Å²) in [4.78, 5) is 0. The van der Waals surface area contributed by atoms with E-state index in [2.05, 4.69) is 20.8 Å². The van der Waals surface area contributed by atoms with E-state index < -0.39 is 0 Å². The zero-order chi connectivity index (χ0) is 8.06. The summed E-state index contributed by atoms with van der Waals surface area (Å²) in [6, 6.07) is 0. The molecule has 0 aromatic heterocycles. The third-order valence-corrected chi connectivity index (χ3v) is 4.24. The molecule has 0 aliphatic heterocycles. The first-order chi connectivity index (χ1) is 5.14. The first-order valence-electron chi connectivity index (χ1n) is 5.14. The largest absolute Gasteiger partial charge is 0.0625 e. The van der Waals surface area contributed by atoms with Crippen LogP contribution in [0.3, 0.4) is 0 Å². The number of rotatable bonds is 0. The Labute approximate surface area is 70.4 Å². The number of hydrogen-bond acceptors (Lipinski definition) is 0. The van der Waals surface area contributed by atoms with Crippen LogP contribution in [-0.2, 0) is 0 Å². The van der Waals surface area contributed by atoms with E-state index in [9.17, 15) is 0 Å². The fourth-order valence-electron chi connectivity index (χ4n) is 3.23. The lowest BCUT2D eigenvalue weighted by Gasteiger charge is -2.38. The highest BCUT2D eigenvalue weighted by atomic mass is 14.6. The Kier molecular flexibility index (Phi) is 1.56. The van der Waals surface area contributed by atoms with E-state index in [1.807, 2.05) is 0 Å². The molecule has 3 atom stereocenters. The van der Waals surface area contributed by atoms with Gasteiger partial charge in [0.15, 0.2) is 0 Å². The molecule has 0 N–H and O–H groups in total. The van der Waals surface area contributed by atoms with Crippen molar-refractivity contribution in [2.24, 2.45) is 23.2 Å². The van der Waals surface area contributed by atoms with E-state index >= 15 is 0 Å². The van der Waals surface area contributed by atoms with E-state index in [-0.39, 0.29) is 0 Å². The second-order valence-corrected chi connectivity index (χ2v) is 5.17. The lowest BCUT2D eigenvalue weighted by atomic mass is 9.67. The molecule has 2 aliphatic carbocycles. The van der Waals surface area contributed by atoms with Gasteiger partial charge in [-0.2, -0.15) is 0 Å². The highest BCUT2D eigenvalue weighted by Gasteiger charge is 2.51. The zero-order valence-electron chi connectivity index (χ0n) is 8.06. The molecule has 2 aliphatic rings. The van der Waals surface area contributed by atoms with Gasteiger partial charge >= 0.3 is 0 Å². The molecule has 11 heavy (non-hydrogen) atoms. The van der Waals surface area contributed by atoms with Crippen molar-refractivity contribution in [1.29, 1.82) is 0 Å². The van der Waals surface area contributed by atoms with Gasteiger partial charge in [0.25, 0.3) is 0 Å². The second kappa shape index (κ2) is 2.24. The van der Waals surface area contributed by atoms with E-state index in [0.29, 0.717) is 0 Å². The molecule has 0 bridgehead atoms. The van der Waals surface area contributed by atoms with Crippen molar-refractivity contribution in [2.75, 3.05) is 0 Å². The van der Waals surface area contributed by atoms with Crippen LogP contribution in [0, 0.1) is 23.2 Å². The lowest BCUT2D eigenvalue weighted by molar-refractivity contribution is 0.119. The average molecular weight is 152 g/mol. The van der Waals surface area contributed by atoms with Gasteiger partial charge < -0.3 is 0 Å². The van der Waals surface area contributed by atoms with Crippen LogP contribution in [0.1, 0.15) is 46.5 Å². The van der Waals surface area contributed by atoms with Crippen LogP contribution in [0.25, 0.3) is 0 Å². The minimum Gasteiger partial charge on any atom is -0.0625 e. The molecule has 1 spiro atoms. The maximum absolute atomic E-state index is 2.48. The quantitative estimate of drug-likeness (QED) is 0.498. The number of hydrogen-bond donors (Lipinski definition) is 0. The molecular formula is C11H20. The average Bonchev–Trinajstić information content (AvgIpc) is 2.65. The second-order valence-electron chi connectivity index (χ2n) is 5.17. The third kappa shape index (κ3) is 1.11. The van der Waals surface area contributed by atoms with Crippen LogP contribution in [-0.4, -0.2) is 0 Å². The Morgan fingerprint density at radius 3 is 2.27 bits per heavy atom. The van der Waals surface area contributed by atoms with E-state index in [4.69, 9.17) is 0 Å². The van der Waals surface area contributed by atoms with Crippen molar-refractivity contribution in [1.82, 2.24) is 0 Å². The minimum atomic E-state index is 0.830. The third-order valence-electron chi connectivity index (χ3n) is 4.24. The summed E-state index contributed by atoms with van der Waals surface area (Å²) < 4.78 is 0. The van der Waals surface area contributed by atoms with Crippen molar-refractivity contribution < 1.29 is 0 Å². The van der Waals surface area contributed by atoms with Crippen LogP contribution >= 0.6 is 0 Å². The molecule has 2 fully saturated rings. The molecule has 0 nitrogen and oxygen atoms in total. The Balaban J connectivity index is 2.10. The molecule has 0 saturated heterocycles. The summed E-state index contributed by atoms with van der Waals surface area (Å²) >= 11 is 0.